The van der Waals surface area contributed by atoms with Crippen LogP contribution in [0, 0.1) is 0 Å². The molecule has 102 valence electrons. The number of nitrogens with zero attached hydrogens (tertiary/aromatic N) is 2. The molecule has 0 spiro atoms. The van der Waals surface area contributed by atoms with E-state index in [1.165, 1.54) is 0 Å². The number of anilines is 1. The lowest BCUT2D eigenvalue weighted by Gasteiger charge is -2.47. The van der Waals surface area contributed by atoms with Crippen molar-refractivity contribution in [3.05, 3.63) is 11.1 Å². The second kappa shape index (κ2) is 4.47. The summed E-state index contributed by atoms with van der Waals surface area (Å²) in [4.78, 5) is 7.58. The quantitative estimate of drug-likeness (QED) is 0.897. The molecular formula is C13H22N2O2S. The number of aliphatic hydroxyl groups excluding tert-OH is 1. The first-order valence-corrected chi connectivity index (χ1v) is 7.09. The molecule has 0 radical (unpaired) electrons. The maximum Gasteiger partial charge on any atom is 0.185 e. The van der Waals surface area contributed by atoms with E-state index < -0.39 is 6.10 Å². The summed E-state index contributed by atoms with van der Waals surface area (Å²) in [6.45, 7) is 11.8. The van der Waals surface area contributed by atoms with Crippen molar-refractivity contribution in [1.29, 1.82) is 0 Å². The molecule has 18 heavy (non-hydrogen) atoms. The zero-order valence-electron chi connectivity index (χ0n) is 11.7. The van der Waals surface area contributed by atoms with Gasteiger partial charge in [0.2, 0.25) is 0 Å². The summed E-state index contributed by atoms with van der Waals surface area (Å²) in [7, 11) is 0. The van der Waals surface area contributed by atoms with Crippen LogP contribution in [0.1, 0.15) is 45.6 Å². The molecule has 1 N–H and O–H groups in total. The molecule has 1 fully saturated rings. The summed E-state index contributed by atoms with van der Waals surface area (Å²) in [5.74, 6) is 0. The lowest BCUT2D eigenvalue weighted by molar-refractivity contribution is -0.133. The molecule has 0 aliphatic carbocycles. The highest BCUT2D eigenvalue weighted by atomic mass is 32.1. The van der Waals surface area contributed by atoms with Crippen molar-refractivity contribution in [2.75, 3.05) is 18.0 Å². The highest BCUT2D eigenvalue weighted by Gasteiger charge is 2.39. The van der Waals surface area contributed by atoms with E-state index in [-0.39, 0.29) is 11.2 Å². The fraction of sp³-hybridized carbons (Fsp3) is 0.769. The van der Waals surface area contributed by atoms with Gasteiger partial charge in [-0.3, -0.25) is 0 Å². The van der Waals surface area contributed by atoms with Crippen molar-refractivity contribution >= 4 is 16.5 Å². The van der Waals surface area contributed by atoms with Crippen LogP contribution in [0.5, 0.6) is 0 Å². The summed E-state index contributed by atoms with van der Waals surface area (Å²) < 4.78 is 6.05. The van der Waals surface area contributed by atoms with Gasteiger partial charge < -0.3 is 14.7 Å². The summed E-state index contributed by atoms with van der Waals surface area (Å²) >= 11 is 1.56. The summed E-state index contributed by atoms with van der Waals surface area (Å²) in [6, 6.07) is 0. The van der Waals surface area contributed by atoms with Crippen LogP contribution < -0.4 is 4.90 Å². The number of hydrogen-bond donors (Lipinski definition) is 1. The van der Waals surface area contributed by atoms with Gasteiger partial charge in [0.05, 0.1) is 22.2 Å². The topological polar surface area (TPSA) is 45.6 Å². The normalized spacial score (nSPS) is 24.0. The maximum absolute atomic E-state index is 9.57. The summed E-state index contributed by atoms with van der Waals surface area (Å²) in [5.41, 5.74) is -0.364. The van der Waals surface area contributed by atoms with E-state index in [0.717, 1.165) is 23.1 Å². The molecule has 5 heteroatoms. The van der Waals surface area contributed by atoms with E-state index in [0.29, 0.717) is 0 Å². The molecule has 0 saturated carbocycles. The molecule has 1 unspecified atom stereocenters. The smallest absolute Gasteiger partial charge is 0.185 e. The van der Waals surface area contributed by atoms with Crippen LogP contribution in [0.25, 0.3) is 0 Å². The number of hydrogen-bond acceptors (Lipinski definition) is 5. The molecular weight excluding hydrogens is 248 g/mol. The second-order valence-corrected chi connectivity index (χ2v) is 7.24. The third kappa shape index (κ3) is 3.02. The summed E-state index contributed by atoms with van der Waals surface area (Å²) in [6.07, 6.45) is 1.32. The number of aromatic nitrogens is 1. The Labute approximate surface area is 113 Å². The third-order valence-corrected chi connectivity index (χ3v) is 4.12. The molecule has 1 aromatic rings. The van der Waals surface area contributed by atoms with Crippen molar-refractivity contribution in [1.82, 2.24) is 4.98 Å². The van der Waals surface area contributed by atoms with Crippen molar-refractivity contribution in [2.45, 2.75) is 51.9 Å². The van der Waals surface area contributed by atoms with Gasteiger partial charge in [-0.05, 0) is 34.6 Å². The Morgan fingerprint density at radius 1 is 1.33 bits per heavy atom. The molecule has 2 rings (SSSR count). The van der Waals surface area contributed by atoms with E-state index in [1.54, 1.807) is 24.5 Å². The number of thiazole rings is 1. The lowest BCUT2D eigenvalue weighted by Crippen LogP contribution is -2.57. The Morgan fingerprint density at radius 3 is 2.33 bits per heavy atom. The zero-order valence-corrected chi connectivity index (χ0v) is 12.5. The van der Waals surface area contributed by atoms with Gasteiger partial charge >= 0.3 is 0 Å². The van der Waals surface area contributed by atoms with Gasteiger partial charge in [0.15, 0.2) is 5.13 Å². The number of rotatable bonds is 2. The van der Waals surface area contributed by atoms with Crippen LogP contribution >= 0.6 is 11.3 Å². The maximum atomic E-state index is 9.57. The number of morpholine rings is 1. The van der Waals surface area contributed by atoms with Gasteiger partial charge in [-0.15, -0.1) is 0 Å². The molecule has 0 aromatic carbocycles. The van der Waals surface area contributed by atoms with E-state index in [2.05, 4.69) is 37.6 Å². The van der Waals surface area contributed by atoms with Crippen LogP contribution in [0.2, 0.25) is 0 Å². The molecule has 1 saturated heterocycles. The van der Waals surface area contributed by atoms with E-state index in [1.807, 2.05) is 0 Å². The van der Waals surface area contributed by atoms with Gasteiger partial charge in [-0.2, -0.15) is 0 Å². The van der Waals surface area contributed by atoms with Gasteiger partial charge in [0, 0.05) is 19.3 Å². The van der Waals surface area contributed by atoms with Crippen LogP contribution in [0.3, 0.4) is 0 Å². The first-order chi connectivity index (χ1) is 8.19. The van der Waals surface area contributed by atoms with Crippen LogP contribution in [-0.4, -0.2) is 34.4 Å². The van der Waals surface area contributed by atoms with E-state index in [9.17, 15) is 5.11 Å². The second-order valence-electron chi connectivity index (χ2n) is 6.20. The SMILES string of the molecule is CC(O)c1cnc(N2CC(C)(C)OC(C)(C)C2)s1. The first-order valence-electron chi connectivity index (χ1n) is 6.27. The monoisotopic (exact) mass is 270 g/mol. The predicted molar refractivity (Wildman–Crippen MR) is 74.2 cm³/mol. The standard InChI is InChI=1S/C13H22N2O2S/c1-9(16)10-6-14-11(18-10)15-7-12(2,3)17-13(4,5)8-15/h6,9,16H,7-8H2,1-5H3. The van der Waals surface area contributed by atoms with Crippen LogP contribution in [0.4, 0.5) is 5.13 Å². The zero-order chi connectivity index (χ0) is 13.6. The highest BCUT2D eigenvalue weighted by molar-refractivity contribution is 7.15. The Hall–Kier alpha value is -0.650. The fourth-order valence-corrected chi connectivity index (χ4v) is 3.39. The van der Waals surface area contributed by atoms with Gasteiger partial charge in [0.1, 0.15) is 0 Å². The third-order valence-electron chi connectivity index (χ3n) is 2.89. The van der Waals surface area contributed by atoms with Gasteiger partial charge in [-0.25, -0.2) is 4.98 Å². The minimum Gasteiger partial charge on any atom is -0.388 e. The summed E-state index contributed by atoms with van der Waals surface area (Å²) in [5, 5.41) is 10.5. The molecule has 1 aliphatic heterocycles. The Bertz CT molecular complexity index is 410. The molecule has 4 nitrogen and oxygen atoms in total. The van der Waals surface area contributed by atoms with Crippen LogP contribution in [0.15, 0.2) is 6.20 Å². The molecule has 0 bridgehead atoms. The van der Waals surface area contributed by atoms with Crippen molar-refractivity contribution in [3.63, 3.8) is 0 Å². The molecule has 1 atom stereocenters. The van der Waals surface area contributed by atoms with Crippen molar-refractivity contribution in [2.24, 2.45) is 0 Å². The molecule has 1 aliphatic rings. The molecule has 0 amide bonds. The van der Waals surface area contributed by atoms with Crippen LogP contribution in [-0.2, 0) is 4.74 Å². The van der Waals surface area contributed by atoms with Gasteiger partial charge in [-0.1, -0.05) is 11.3 Å². The predicted octanol–water partition coefficient (Wildman–Crippen LogP) is 2.59. The first kappa shape index (κ1) is 13.8. The largest absolute Gasteiger partial charge is 0.388 e. The minimum absolute atomic E-state index is 0.182. The molecule has 1 aromatic heterocycles. The minimum atomic E-state index is -0.446. The number of ether oxygens (including phenoxy) is 1. The van der Waals surface area contributed by atoms with E-state index in [4.69, 9.17) is 4.74 Å². The number of aliphatic hydroxyl groups is 1. The van der Waals surface area contributed by atoms with Crippen molar-refractivity contribution in [3.8, 4) is 0 Å². The highest BCUT2D eigenvalue weighted by Crippen LogP contribution is 2.34. The molecule has 2 heterocycles. The lowest BCUT2D eigenvalue weighted by atomic mass is 9.99. The van der Waals surface area contributed by atoms with Crippen molar-refractivity contribution < 1.29 is 9.84 Å². The average Bonchev–Trinajstić information content (AvgIpc) is 2.60. The Kier molecular flexibility index (Phi) is 3.42. The van der Waals surface area contributed by atoms with E-state index >= 15 is 0 Å². The average molecular weight is 270 g/mol. The van der Waals surface area contributed by atoms with Gasteiger partial charge in [0.25, 0.3) is 0 Å². The Balaban J connectivity index is 2.21. The Morgan fingerprint density at radius 2 is 1.89 bits per heavy atom. The fourth-order valence-electron chi connectivity index (χ4n) is 2.54.